The molecule has 1 aliphatic rings. The quantitative estimate of drug-likeness (QED) is 0.576. The van der Waals surface area contributed by atoms with Gasteiger partial charge in [0, 0.05) is 35.6 Å². The number of hydrogen-bond donors (Lipinski definition) is 3. The number of benzene rings is 1. The van der Waals surface area contributed by atoms with E-state index in [1.54, 1.807) is 0 Å². The highest BCUT2D eigenvalue weighted by Gasteiger charge is 2.34. The van der Waals surface area contributed by atoms with Crippen molar-refractivity contribution in [2.45, 2.75) is 31.2 Å². The summed E-state index contributed by atoms with van der Waals surface area (Å²) in [5, 5.41) is 14.3. The second-order valence-electron chi connectivity index (χ2n) is 6.18. The zero-order chi connectivity index (χ0) is 17.3. The van der Waals surface area contributed by atoms with Crippen molar-refractivity contribution in [2.75, 3.05) is 6.54 Å². The fourth-order valence-electron chi connectivity index (χ4n) is 3.28. The summed E-state index contributed by atoms with van der Waals surface area (Å²) in [6, 6.07) is 5.18. The van der Waals surface area contributed by atoms with E-state index >= 15 is 0 Å². The van der Waals surface area contributed by atoms with Crippen LogP contribution in [0.25, 0.3) is 10.9 Å². The molecule has 4 N–H and O–H groups in total. The highest BCUT2D eigenvalue weighted by molar-refractivity contribution is 6.06. The zero-order valence-corrected chi connectivity index (χ0v) is 13.0. The van der Waals surface area contributed by atoms with Gasteiger partial charge in [-0.2, -0.15) is 0 Å². The molecule has 0 atom stereocenters. The Labute approximate surface area is 137 Å². The lowest BCUT2D eigenvalue weighted by molar-refractivity contribution is -0.384. The van der Waals surface area contributed by atoms with Crippen LogP contribution in [-0.2, 0) is 0 Å². The first-order valence-corrected chi connectivity index (χ1v) is 7.78. The number of nitrogens with zero attached hydrogens (tertiary/aromatic N) is 1. The van der Waals surface area contributed by atoms with Gasteiger partial charge in [0.2, 0.25) is 5.56 Å². The summed E-state index contributed by atoms with van der Waals surface area (Å²) in [4.78, 5) is 37.6. The number of non-ortho nitro benzene ring substituents is 1. The number of nitro benzene ring substituents is 1. The number of amides is 1. The van der Waals surface area contributed by atoms with Crippen LogP contribution < -0.4 is 16.6 Å². The van der Waals surface area contributed by atoms with Gasteiger partial charge >= 0.3 is 0 Å². The van der Waals surface area contributed by atoms with Crippen LogP contribution >= 0.6 is 0 Å². The zero-order valence-electron chi connectivity index (χ0n) is 13.0. The highest BCUT2D eigenvalue weighted by atomic mass is 16.6. The predicted molar refractivity (Wildman–Crippen MR) is 88.9 cm³/mol. The molecule has 0 spiro atoms. The molecule has 126 valence electrons. The second kappa shape index (κ2) is 6.04. The average molecular weight is 330 g/mol. The third-order valence-electron chi connectivity index (χ3n) is 4.61. The molecule has 0 radical (unpaired) electrons. The van der Waals surface area contributed by atoms with E-state index < -0.39 is 21.9 Å². The van der Waals surface area contributed by atoms with Crippen LogP contribution in [0.15, 0.2) is 29.1 Å². The van der Waals surface area contributed by atoms with Gasteiger partial charge in [-0.05, 0) is 18.9 Å². The number of nitrogens with two attached hydrogens (primary N) is 1. The largest absolute Gasteiger partial charge is 0.345 e. The van der Waals surface area contributed by atoms with E-state index in [-0.39, 0.29) is 11.3 Å². The van der Waals surface area contributed by atoms with Gasteiger partial charge in [-0.15, -0.1) is 0 Å². The Bertz CT molecular complexity index is 868. The molecule has 1 aliphatic carbocycles. The van der Waals surface area contributed by atoms with Gasteiger partial charge in [-0.25, -0.2) is 0 Å². The summed E-state index contributed by atoms with van der Waals surface area (Å²) in [7, 11) is 0. The minimum atomic E-state index is -0.537. The molecule has 1 aromatic heterocycles. The monoisotopic (exact) mass is 330 g/mol. The Morgan fingerprint density at radius 3 is 2.67 bits per heavy atom. The average Bonchev–Trinajstić information content (AvgIpc) is 3.02. The molecule has 1 saturated carbocycles. The molecule has 0 bridgehead atoms. The van der Waals surface area contributed by atoms with Gasteiger partial charge in [0.1, 0.15) is 0 Å². The number of rotatable bonds is 4. The van der Waals surface area contributed by atoms with E-state index in [1.807, 2.05) is 0 Å². The van der Waals surface area contributed by atoms with Crippen LogP contribution in [0.3, 0.4) is 0 Å². The van der Waals surface area contributed by atoms with Gasteiger partial charge in [-0.3, -0.25) is 19.7 Å². The summed E-state index contributed by atoms with van der Waals surface area (Å²) in [6.45, 7) is 0.319. The summed E-state index contributed by atoms with van der Waals surface area (Å²) < 4.78 is 0. The van der Waals surface area contributed by atoms with E-state index in [9.17, 15) is 19.7 Å². The maximum Gasteiger partial charge on any atom is 0.270 e. The van der Waals surface area contributed by atoms with Gasteiger partial charge in [0.25, 0.3) is 11.6 Å². The van der Waals surface area contributed by atoms with E-state index in [2.05, 4.69) is 10.3 Å². The minimum absolute atomic E-state index is 0.122. The van der Waals surface area contributed by atoms with Crippen LogP contribution in [0.1, 0.15) is 36.0 Å². The number of aromatic nitrogens is 1. The molecular formula is C16H18N4O4. The third-order valence-corrected chi connectivity index (χ3v) is 4.61. The predicted octanol–water partition coefficient (Wildman–Crippen LogP) is 1.44. The number of nitrogens with one attached hydrogen (secondary N) is 2. The van der Waals surface area contributed by atoms with Crippen molar-refractivity contribution in [1.29, 1.82) is 0 Å². The van der Waals surface area contributed by atoms with Gasteiger partial charge in [0.15, 0.2) is 0 Å². The van der Waals surface area contributed by atoms with Crippen molar-refractivity contribution in [2.24, 2.45) is 5.73 Å². The Morgan fingerprint density at radius 1 is 1.33 bits per heavy atom. The Balaban J connectivity index is 2.06. The fraction of sp³-hybridized carbons (Fsp3) is 0.375. The molecule has 1 amide bonds. The highest BCUT2D eigenvalue weighted by Crippen LogP contribution is 2.29. The number of aromatic amines is 1. The van der Waals surface area contributed by atoms with Crippen LogP contribution in [0, 0.1) is 10.1 Å². The Hall–Kier alpha value is -2.74. The molecule has 1 aromatic carbocycles. The Morgan fingerprint density at radius 2 is 2.04 bits per heavy atom. The summed E-state index contributed by atoms with van der Waals surface area (Å²) in [6.07, 6.45) is 3.55. The van der Waals surface area contributed by atoms with Gasteiger partial charge < -0.3 is 16.0 Å². The first kappa shape index (κ1) is 16.1. The molecule has 2 aromatic rings. The van der Waals surface area contributed by atoms with Crippen LogP contribution in [0.5, 0.6) is 0 Å². The van der Waals surface area contributed by atoms with Gasteiger partial charge in [-0.1, -0.05) is 12.8 Å². The molecular weight excluding hydrogens is 312 g/mol. The van der Waals surface area contributed by atoms with Crippen molar-refractivity contribution in [3.05, 3.63) is 50.3 Å². The Kier molecular flexibility index (Phi) is 4.06. The molecule has 24 heavy (non-hydrogen) atoms. The first-order valence-electron chi connectivity index (χ1n) is 7.78. The van der Waals surface area contributed by atoms with Crippen molar-refractivity contribution in [3.63, 3.8) is 0 Å². The lowest BCUT2D eigenvalue weighted by Crippen LogP contribution is -2.51. The second-order valence-corrected chi connectivity index (χ2v) is 6.18. The molecule has 0 aliphatic heterocycles. The number of pyridine rings is 1. The van der Waals surface area contributed by atoms with Crippen LogP contribution in [0.4, 0.5) is 5.69 Å². The number of H-pyrrole nitrogens is 1. The number of carbonyl (C=O) groups is 1. The number of hydrogen-bond acceptors (Lipinski definition) is 5. The molecule has 1 heterocycles. The standard InChI is InChI=1S/C16H18N4O4/c17-9-16(5-1-2-6-16)19-15(22)12-8-14(21)18-13-4-3-10(20(23)24)7-11(12)13/h3-4,7-8H,1-2,5-6,9,17H2,(H,18,21)(H,19,22). The van der Waals surface area contributed by atoms with E-state index in [0.29, 0.717) is 17.4 Å². The third kappa shape index (κ3) is 2.88. The molecule has 0 saturated heterocycles. The topological polar surface area (TPSA) is 131 Å². The minimum Gasteiger partial charge on any atom is -0.345 e. The fourth-order valence-corrected chi connectivity index (χ4v) is 3.28. The number of fused-ring (bicyclic) bond motifs is 1. The van der Waals surface area contributed by atoms with Gasteiger partial charge in [0.05, 0.1) is 16.0 Å². The summed E-state index contributed by atoms with van der Waals surface area (Å²) >= 11 is 0. The molecule has 8 heteroatoms. The smallest absolute Gasteiger partial charge is 0.270 e. The van der Waals surface area contributed by atoms with Crippen LogP contribution in [-0.4, -0.2) is 27.9 Å². The maximum absolute atomic E-state index is 12.7. The number of nitro groups is 1. The molecule has 1 fully saturated rings. The lowest BCUT2D eigenvalue weighted by atomic mass is 9.96. The summed E-state index contributed by atoms with van der Waals surface area (Å²) in [5.74, 6) is -0.432. The van der Waals surface area contributed by atoms with E-state index in [4.69, 9.17) is 5.73 Å². The molecule has 8 nitrogen and oxygen atoms in total. The maximum atomic E-state index is 12.7. The van der Waals surface area contributed by atoms with Crippen molar-refractivity contribution < 1.29 is 9.72 Å². The van der Waals surface area contributed by atoms with Crippen LogP contribution in [0.2, 0.25) is 0 Å². The number of carbonyl (C=O) groups excluding carboxylic acids is 1. The normalized spacial score (nSPS) is 16.2. The SMILES string of the molecule is NCC1(NC(=O)c2cc(=O)[nH]c3ccc([N+](=O)[O-])cc23)CCCC1. The van der Waals surface area contributed by atoms with E-state index in [0.717, 1.165) is 25.7 Å². The molecule has 3 rings (SSSR count). The van der Waals surface area contributed by atoms with E-state index in [1.165, 1.54) is 24.3 Å². The van der Waals surface area contributed by atoms with Crippen molar-refractivity contribution in [1.82, 2.24) is 10.3 Å². The van der Waals surface area contributed by atoms with Crippen molar-refractivity contribution in [3.8, 4) is 0 Å². The summed E-state index contributed by atoms with van der Waals surface area (Å²) in [5.41, 5.74) is 5.29. The molecule has 0 unspecified atom stereocenters. The van der Waals surface area contributed by atoms with Crippen molar-refractivity contribution >= 4 is 22.5 Å². The first-order chi connectivity index (χ1) is 11.4. The lowest BCUT2D eigenvalue weighted by Gasteiger charge is -2.28.